The minimum absolute atomic E-state index is 0.285. The number of nitriles is 1. The Hall–Kier alpha value is -1.93. The number of nitrogens with zero attached hydrogens (tertiary/aromatic N) is 3. The molecule has 1 heterocycles. The van der Waals surface area contributed by atoms with Crippen LogP contribution in [0.1, 0.15) is 31.7 Å². The molecule has 0 amide bonds. The third-order valence-corrected chi connectivity index (χ3v) is 3.21. The lowest BCUT2D eigenvalue weighted by Gasteiger charge is -2.08. The second-order valence-corrected chi connectivity index (χ2v) is 4.59. The number of hydrogen-bond acceptors (Lipinski definition) is 5. The van der Waals surface area contributed by atoms with Gasteiger partial charge in [-0.05, 0) is 32.3 Å². The molecule has 1 aromatic rings. The molecule has 5 nitrogen and oxygen atoms in total. The summed E-state index contributed by atoms with van der Waals surface area (Å²) in [4.78, 5) is 9.23. The fourth-order valence-corrected chi connectivity index (χ4v) is 2.09. The van der Waals surface area contributed by atoms with E-state index < -0.39 is 0 Å². The van der Waals surface area contributed by atoms with Crippen LogP contribution in [0.5, 0.6) is 5.88 Å². The molecule has 1 fully saturated rings. The summed E-state index contributed by atoms with van der Waals surface area (Å²) in [6.45, 7) is 1.95. The molecule has 2 N–H and O–H groups in total. The van der Waals surface area contributed by atoms with Crippen LogP contribution in [0.3, 0.4) is 0 Å². The third kappa shape index (κ3) is 3.05. The summed E-state index contributed by atoms with van der Waals surface area (Å²) in [6.07, 6.45) is 4.55. The molecule has 2 rings (SSSR count). The van der Waals surface area contributed by atoms with Gasteiger partial charge in [-0.2, -0.15) is 5.26 Å². The van der Waals surface area contributed by atoms with Gasteiger partial charge in [-0.3, -0.25) is 0 Å². The normalized spacial score (nSPS) is 23.7. The number of nitrogens with two attached hydrogens (primary N) is 1. The van der Waals surface area contributed by atoms with Crippen molar-refractivity contribution in [1.82, 2.24) is 4.98 Å². The van der Waals surface area contributed by atoms with Gasteiger partial charge in [-0.1, -0.05) is 5.16 Å². The Bertz CT molecular complexity index is 475. The van der Waals surface area contributed by atoms with Crippen molar-refractivity contribution in [1.29, 1.82) is 5.26 Å². The summed E-state index contributed by atoms with van der Waals surface area (Å²) in [5.74, 6) is 0.814. The summed E-state index contributed by atoms with van der Waals surface area (Å²) < 4.78 is 0. The van der Waals surface area contributed by atoms with Gasteiger partial charge in [0.2, 0.25) is 5.88 Å². The number of hydrogen-bond donors (Lipinski definition) is 1. The summed E-state index contributed by atoms with van der Waals surface area (Å²) in [5, 5.41) is 12.7. The summed E-state index contributed by atoms with van der Waals surface area (Å²) in [6, 6.07) is 5.57. The molecular formula is C13H16N4O. The first-order valence-corrected chi connectivity index (χ1v) is 6.02. The maximum Gasteiger partial charge on any atom is 0.248 e. The predicted molar refractivity (Wildman–Crippen MR) is 68.0 cm³/mol. The SMILES string of the molecule is C/C(=N\Oc1ccc(C#N)cn1)[C@@H]1CC[C@H](N)C1. The van der Waals surface area contributed by atoms with Crippen molar-refractivity contribution in [2.24, 2.45) is 16.8 Å². The van der Waals surface area contributed by atoms with Gasteiger partial charge in [0.05, 0.1) is 11.3 Å². The average Bonchev–Trinajstić information content (AvgIpc) is 2.83. The maximum absolute atomic E-state index is 8.64. The Labute approximate surface area is 106 Å². The highest BCUT2D eigenvalue weighted by Gasteiger charge is 2.24. The highest BCUT2D eigenvalue weighted by Crippen LogP contribution is 2.25. The summed E-state index contributed by atoms with van der Waals surface area (Å²) in [5.41, 5.74) is 7.32. The van der Waals surface area contributed by atoms with Crippen molar-refractivity contribution in [3.63, 3.8) is 0 Å². The predicted octanol–water partition coefficient (Wildman–Crippen LogP) is 1.84. The molecule has 0 aliphatic heterocycles. The topological polar surface area (TPSA) is 84.3 Å². The first kappa shape index (κ1) is 12.5. The number of pyridine rings is 1. The van der Waals surface area contributed by atoms with Crippen LogP contribution in [-0.2, 0) is 0 Å². The number of rotatable bonds is 3. The summed E-state index contributed by atoms with van der Waals surface area (Å²) in [7, 11) is 0. The van der Waals surface area contributed by atoms with Crippen LogP contribution in [0.2, 0.25) is 0 Å². The van der Waals surface area contributed by atoms with Crippen LogP contribution in [-0.4, -0.2) is 16.7 Å². The van der Waals surface area contributed by atoms with E-state index in [9.17, 15) is 0 Å². The van der Waals surface area contributed by atoms with E-state index in [0.29, 0.717) is 17.4 Å². The van der Waals surface area contributed by atoms with Gasteiger partial charge in [0, 0.05) is 24.2 Å². The Morgan fingerprint density at radius 1 is 1.56 bits per heavy atom. The van der Waals surface area contributed by atoms with Crippen molar-refractivity contribution in [3.8, 4) is 11.9 Å². The van der Waals surface area contributed by atoms with Crippen molar-refractivity contribution in [2.45, 2.75) is 32.2 Å². The van der Waals surface area contributed by atoms with E-state index in [4.69, 9.17) is 15.8 Å². The lowest BCUT2D eigenvalue weighted by Crippen LogP contribution is -2.17. The van der Waals surface area contributed by atoms with Crippen molar-refractivity contribution < 1.29 is 4.84 Å². The summed E-state index contributed by atoms with van der Waals surface area (Å²) >= 11 is 0. The van der Waals surface area contributed by atoms with Crippen LogP contribution in [0, 0.1) is 17.2 Å². The molecule has 1 aromatic heterocycles. The van der Waals surface area contributed by atoms with Gasteiger partial charge < -0.3 is 10.6 Å². The highest BCUT2D eigenvalue weighted by atomic mass is 16.6. The molecule has 1 aliphatic rings. The first-order valence-electron chi connectivity index (χ1n) is 6.02. The zero-order chi connectivity index (χ0) is 13.0. The smallest absolute Gasteiger partial charge is 0.248 e. The molecule has 5 heteroatoms. The van der Waals surface area contributed by atoms with E-state index in [-0.39, 0.29) is 6.04 Å². The molecule has 0 saturated heterocycles. The van der Waals surface area contributed by atoms with Crippen LogP contribution in [0.15, 0.2) is 23.5 Å². The standard InChI is InChI=1S/C13H16N4O/c1-9(11-3-4-12(15)6-11)17-18-13-5-2-10(7-14)8-16-13/h2,5,8,11-12H,3-4,6,15H2,1H3/b17-9+/t11-,12+/m1/s1. The zero-order valence-corrected chi connectivity index (χ0v) is 10.3. The van der Waals surface area contributed by atoms with Crippen LogP contribution >= 0.6 is 0 Å². The first-order chi connectivity index (χ1) is 8.69. The van der Waals surface area contributed by atoms with Gasteiger partial charge in [0.1, 0.15) is 6.07 Å². The van der Waals surface area contributed by atoms with Crippen molar-refractivity contribution in [2.75, 3.05) is 0 Å². The van der Waals surface area contributed by atoms with Crippen LogP contribution in [0.4, 0.5) is 0 Å². The van der Waals surface area contributed by atoms with Crippen molar-refractivity contribution >= 4 is 5.71 Å². The molecule has 0 bridgehead atoms. The Balaban J connectivity index is 1.95. The van der Waals surface area contributed by atoms with E-state index in [1.54, 1.807) is 12.1 Å². The van der Waals surface area contributed by atoms with Crippen LogP contribution in [0.25, 0.3) is 0 Å². The number of aromatic nitrogens is 1. The van der Waals surface area contributed by atoms with E-state index in [2.05, 4.69) is 10.1 Å². The average molecular weight is 244 g/mol. The van der Waals surface area contributed by atoms with Crippen LogP contribution < -0.4 is 10.6 Å². The fourth-order valence-electron chi connectivity index (χ4n) is 2.09. The minimum atomic E-state index is 0.285. The number of oxime groups is 1. The van der Waals surface area contributed by atoms with E-state index >= 15 is 0 Å². The van der Waals surface area contributed by atoms with Gasteiger partial charge in [-0.15, -0.1) is 0 Å². The molecule has 2 atom stereocenters. The maximum atomic E-state index is 8.64. The van der Waals surface area contributed by atoms with E-state index in [1.165, 1.54) is 6.20 Å². The van der Waals surface area contributed by atoms with Gasteiger partial charge in [0.15, 0.2) is 0 Å². The molecule has 0 aromatic carbocycles. The van der Waals surface area contributed by atoms with E-state index in [1.807, 2.05) is 13.0 Å². The molecule has 1 aliphatic carbocycles. The molecule has 94 valence electrons. The monoisotopic (exact) mass is 244 g/mol. The molecule has 0 unspecified atom stereocenters. The van der Waals surface area contributed by atoms with E-state index in [0.717, 1.165) is 25.0 Å². The lowest BCUT2D eigenvalue weighted by atomic mass is 10.0. The Morgan fingerprint density at radius 2 is 2.39 bits per heavy atom. The highest BCUT2D eigenvalue weighted by molar-refractivity contribution is 5.84. The molecule has 18 heavy (non-hydrogen) atoms. The third-order valence-electron chi connectivity index (χ3n) is 3.21. The zero-order valence-electron chi connectivity index (χ0n) is 10.3. The Kier molecular flexibility index (Phi) is 3.90. The van der Waals surface area contributed by atoms with Gasteiger partial charge in [-0.25, -0.2) is 4.98 Å². The fraction of sp³-hybridized carbons (Fsp3) is 0.462. The quantitative estimate of drug-likeness (QED) is 0.649. The minimum Gasteiger partial charge on any atom is -0.337 e. The molecule has 0 radical (unpaired) electrons. The second-order valence-electron chi connectivity index (χ2n) is 4.59. The second kappa shape index (κ2) is 5.61. The molecular weight excluding hydrogens is 228 g/mol. The Morgan fingerprint density at radius 3 is 2.94 bits per heavy atom. The van der Waals surface area contributed by atoms with Gasteiger partial charge >= 0.3 is 0 Å². The van der Waals surface area contributed by atoms with Crippen molar-refractivity contribution in [3.05, 3.63) is 23.9 Å². The largest absolute Gasteiger partial charge is 0.337 e. The lowest BCUT2D eigenvalue weighted by molar-refractivity contribution is 0.323. The van der Waals surface area contributed by atoms with Gasteiger partial charge in [0.25, 0.3) is 0 Å². The molecule has 0 spiro atoms. The molecule has 1 saturated carbocycles.